The largest absolute Gasteiger partial charge is 0.464 e. The van der Waals surface area contributed by atoms with E-state index in [-0.39, 0.29) is 24.3 Å². The van der Waals surface area contributed by atoms with Gasteiger partial charge in [-0.2, -0.15) is 0 Å². The summed E-state index contributed by atoms with van der Waals surface area (Å²) in [6.07, 6.45) is 1.60. The average Bonchev–Trinajstić information content (AvgIpc) is 3.41. The number of nitrogens with zero attached hydrogens (tertiary/aromatic N) is 2. The highest BCUT2D eigenvalue weighted by Crippen LogP contribution is 2.27. The van der Waals surface area contributed by atoms with Crippen LogP contribution in [0.4, 0.5) is 0 Å². The summed E-state index contributed by atoms with van der Waals surface area (Å²) >= 11 is 6.31. The zero-order chi connectivity index (χ0) is 24.3. The highest BCUT2D eigenvalue weighted by Gasteiger charge is 2.35. The number of hydrogen-bond donors (Lipinski definition) is 0. The molecular formula is C25H31ClN2O5. The first-order valence-electron chi connectivity index (χ1n) is 11.2. The fraction of sp³-hybridized carbons (Fsp3) is 0.480. The van der Waals surface area contributed by atoms with Crippen molar-refractivity contribution in [2.75, 3.05) is 20.3 Å². The van der Waals surface area contributed by atoms with Crippen LogP contribution in [0.25, 0.3) is 0 Å². The molecule has 0 saturated carbocycles. The second kappa shape index (κ2) is 10.5. The Morgan fingerprint density at radius 3 is 2.55 bits per heavy atom. The second-order valence-electron chi connectivity index (χ2n) is 8.28. The third-order valence-electron chi connectivity index (χ3n) is 6.34. The van der Waals surface area contributed by atoms with Crippen LogP contribution in [0.15, 0.2) is 24.3 Å². The van der Waals surface area contributed by atoms with E-state index in [1.165, 1.54) is 7.11 Å². The van der Waals surface area contributed by atoms with E-state index in [1.54, 1.807) is 47.6 Å². The van der Waals surface area contributed by atoms with E-state index in [0.717, 1.165) is 12.8 Å². The highest BCUT2D eigenvalue weighted by atomic mass is 35.5. The van der Waals surface area contributed by atoms with Gasteiger partial charge in [-0.25, -0.2) is 4.79 Å². The minimum atomic E-state index is -0.784. The molecule has 178 valence electrons. The lowest BCUT2D eigenvalue weighted by Crippen LogP contribution is -2.47. The number of rotatable bonds is 8. The standard InChI is InChI=1S/C25H31ClN2O5/c1-6-27-16(3)21(15(2)22(27)25(31)32-5)23(29)17(4)28(14-18-10-9-13-33-18)24(30)19-11-7-8-12-20(19)26/h7-8,11-12,17-18H,6,9-10,13-14H2,1-5H3. The van der Waals surface area contributed by atoms with E-state index in [4.69, 9.17) is 21.1 Å². The molecule has 1 aliphatic rings. The van der Waals surface area contributed by atoms with Gasteiger partial charge in [0.15, 0.2) is 5.78 Å². The molecule has 1 aliphatic heterocycles. The molecule has 1 aromatic heterocycles. The summed E-state index contributed by atoms with van der Waals surface area (Å²) in [6.45, 7) is 8.60. The third kappa shape index (κ3) is 4.84. The Morgan fingerprint density at radius 1 is 1.27 bits per heavy atom. The Labute approximate surface area is 199 Å². The first-order chi connectivity index (χ1) is 15.7. The van der Waals surface area contributed by atoms with E-state index >= 15 is 0 Å². The molecule has 1 amide bonds. The molecule has 2 unspecified atom stereocenters. The fourth-order valence-corrected chi connectivity index (χ4v) is 4.79. The molecule has 8 heteroatoms. The predicted molar refractivity (Wildman–Crippen MR) is 126 cm³/mol. The van der Waals surface area contributed by atoms with Crippen molar-refractivity contribution in [1.29, 1.82) is 0 Å². The van der Waals surface area contributed by atoms with Gasteiger partial charge in [0.25, 0.3) is 5.91 Å². The average molecular weight is 475 g/mol. The summed E-state index contributed by atoms with van der Waals surface area (Å²) in [6, 6.07) is 6.03. The molecule has 2 heterocycles. The van der Waals surface area contributed by atoms with Gasteiger partial charge in [-0.15, -0.1) is 0 Å². The summed E-state index contributed by atoms with van der Waals surface area (Å²) in [5, 5.41) is 0.331. The number of carbonyl (C=O) groups excluding carboxylic acids is 3. The minimum Gasteiger partial charge on any atom is -0.464 e. The monoisotopic (exact) mass is 474 g/mol. The highest BCUT2D eigenvalue weighted by molar-refractivity contribution is 6.33. The van der Waals surface area contributed by atoms with Crippen molar-refractivity contribution in [3.05, 3.63) is 57.4 Å². The van der Waals surface area contributed by atoms with E-state index in [9.17, 15) is 14.4 Å². The molecule has 1 fully saturated rings. The van der Waals surface area contributed by atoms with E-state index < -0.39 is 12.0 Å². The number of benzene rings is 1. The van der Waals surface area contributed by atoms with Crippen LogP contribution in [-0.2, 0) is 16.0 Å². The molecule has 0 radical (unpaired) electrons. The van der Waals surface area contributed by atoms with Crippen molar-refractivity contribution in [2.24, 2.45) is 0 Å². The Hall–Kier alpha value is -2.64. The van der Waals surface area contributed by atoms with Gasteiger partial charge < -0.3 is 18.9 Å². The van der Waals surface area contributed by atoms with Crippen LogP contribution < -0.4 is 0 Å². The third-order valence-corrected chi connectivity index (χ3v) is 6.67. The first kappa shape index (κ1) is 25.0. The van der Waals surface area contributed by atoms with E-state index in [0.29, 0.717) is 46.3 Å². The van der Waals surface area contributed by atoms with Gasteiger partial charge in [-0.05, 0) is 58.2 Å². The normalized spacial score (nSPS) is 16.5. The topological polar surface area (TPSA) is 77.8 Å². The molecular weight excluding hydrogens is 444 g/mol. The maximum atomic E-state index is 13.8. The maximum absolute atomic E-state index is 13.8. The molecule has 3 rings (SSSR count). The SMILES string of the molecule is CCn1c(C)c(C(=O)C(C)N(CC2CCCO2)C(=O)c2ccccc2Cl)c(C)c1C(=O)OC. The molecule has 0 spiro atoms. The predicted octanol–water partition coefficient (Wildman–Crippen LogP) is 4.46. The zero-order valence-corrected chi connectivity index (χ0v) is 20.6. The summed E-state index contributed by atoms with van der Waals surface area (Å²) in [4.78, 5) is 41.3. The van der Waals surface area contributed by atoms with Crippen LogP contribution in [0.3, 0.4) is 0 Å². The Bertz CT molecular complexity index is 1060. The van der Waals surface area contributed by atoms with Crippen molar-refractivity contribution in [1.82, 2.24) is 9.47 Å². The molecule has 0 bridgehead atoms. The molecule has 33 heavy (non-hydrogen) atoms. The maximum Gasteiger partial charge on any atom is 0.354 e. The molecule has 2 aromatic rings. The lowest BCUT2D eigenvalue weighted by Gasteiger charge is -2.31. The van der Waals surface area contributed by atoms with Gasteiger partial charge in [0, 0.05) is 31.0 Å². The summed E-state index contributed by atoms with van der Waals surface area (Å²) < 4.78 is 12.5. The van der Waals surface area contributed by atoms with E-state index in [1.807, 2.05) is 13.8 Å². The van der Waals surface area contributed by atoms with Crippen LogP contribution >= 0.6 is 11.6 Å². The van der Waals surface area contributed by atoms with Crippen LogP contribution in [0.5, 0.6) is 0 Å². The lowest BCUT2D eigenvalue weighted by atomic mass is 9.98. The molecule has 0 N–H and O–H groups in total. The number of Topliss-reactive ketones (excluding diaryl/α,β-unsaturated/α-hetero) is 1. The van der Waals surface area contributed by atoms with Gasteiger partial charge in [0.1, 0.15) is 5.69 Å². The van der Waals surface area contributed by atoms with Crippen molar-refractivity contribution in [2.45, 2.75) is 59.2 Å². The Kier molecular flexibility index (Phi) is 7.97. The quantitative estimate of drug-likeness (QED) is 0.417. The number of halogens is 1. The van der Waals surface area contributed by atoms with Crippen molar-refractivity contribution < 1.29 is 23.9 Å². The molecule has 7 nitrogen and oxygen atoms in total. The molecule has 0 aliphatic carbocycles. The number of carbonyl (C=O) groups is 3. The second-order valence-corrected chi connectivity index (χ2v) is 8.69. The molecule has 1 aromatic carbocycles. The van der Waals surface area contributed by atoms with Gasteiger partial charge >= 0.3 is 5.97 Å². The number of aromatic nitrogens is 1. The van der Waals surface area contributed by atoms with Gasteiger partial charge in [0.2, 0.25) is 0 Å². The smallest absolute Gasteiger partial charge is 0.354 e. The lowest BCUT2D eigenvalue weighted by molar-refractivity contribution is 0.0410. The van der Waals surface area contributed by atoms with Gasteiger partial charge in [0.05, 0.1) is 29.8 Å². The number of hydrogen-bond acceptors (Lipinski definition) is 5. The number of ketones is 1. The summed E-state index contributed by atoms with van der Waals surface area (Å²) in [5.41, 5.74) is 2.37. The number of methoxy groups -OCH3 is 1. The van der Waals surface area contributed by atoms with Crippen LogP contribution in [-0.4, -0.2) is 59.5 Å². The summed E-state index contributed by atoms with van der Waals surface area (Å²) in [7, 11) is 1.32. The van der Waals surface area contributed by atoms with Crippen LogP contribution in [0.2, 0.25) is 5.02 Å². The van der Waals surface area contributed by atoms with Crippen molar-refractivity contribution in [3.63, 3.8) is 0 Å². The Morgan fingerprint density at radius 2 is 1.97 bits per heavy atom. The number of amides is 1. The van der Waals surface area contributed by atoms with Gasteiger partial charge in [-0.1, -0.05) is 23.7 Å². The number of esters is 1. The first-order valence-corrected chi connectivity index (χ1v) is 11.6. The van der Waals surface area contributed by atoms with Gasteiger partial charge in [-0.3, -0.25) is 9.59 Å². The van der Waals surface area contributed by atoms with Crippen LogP contribution in [0.1, 0.15) is 69.2 Å². The van der Waals surface area contributed by atoms with E-state index in [2.05, 4.69) is 0 Å². The fourth-order valence-electron chi connectivity index (χ4n) is 4.58. The number of ether oxygens (including phenoxy) is 2. The van der Waals surface area contributed by atoms with Crippen molar-refractivity contribution in [3.8, 4) is 0 Å². The van der Waals surface area contributed by atoms with Crippen LogP contribution in [0, 0.1) is 13.8 Å². The Balaban J connectivity index is 2.02. The molecule has 2 atom stereocenters. The summed E-state index contributed by atoms with van der Waals surface area (Å²) in [5.74, 6) is -1.05. The van der Waals surface area contributed by atoms with Crippen molar-refractivity contribution >= 4 is 29.3 Å². The molecule has 1 saturated heterocycles. The minimum absolute atomic E-state index is 0.139. The zero-order valence-electron chi connectivity index (χ0n) is 19.8.